The van der Waals surface area contributed by atoms with Crippen LogP contribution in [0.15, 0.2) is 12.2 Å². The predicted molar refractivity (Wildman–Crippen MR) is 47.9 cm³/mol. The molecule has 0 radical (unpaired) electrons. The summed E-state index contributed by atoms with van der Waals surface area (Å²) >= 11 is 0. The Hall–Kier alpha value is -0.870. The summed E-state index contributed by atoms with van der Waals surface area (Å²) in [5.41, 5.74) is 0.355. The molecule has 0 aromatic carbocycles. The highest BCUT2D eigenvalue weighted by atomic mass is 16.7. The third-order valence-electron chi connectivity index (χ3n) is 1.11. The molecule has 0 rings (SSSR count). The largest absolute Gasteiger partial charge is 0.435 e. The molecular formula is C9H16O4. The van der Waals surface area contributed by atoms with Gasteiger partial charge in [-0.2, -0.15) is 0 Å². The van der Waals surface area contributed by atoms with Crippen molar-refractivity contribution in [3.8, 4) is 0 Å². The standard InChI is InChI=1S/C9H16O4/c1-7(2)9(10)13-6-11-5-12-8(3)4/h8H,1,5-6H2,2-4H3. The number of hydrogen-bond acceptors (Lipinski definition) is 4. The summed E-state index contributed by atoms with van der Waals surface area (Å²) in [4.78, 5) is 10.8. The molecule has 0 aromatic heterocycles. The van der Waals surface area contributed by atoms with E-state index in [0.29, 0.717) is 5.57 Å². The van der Waals surface area contributed by atoms with Gasteiger partial charge in [-0.25, -0.2) is 4.79 Å². The number of ether oxygens (including phenoxy) is 3. The second-order valence-corrected chi connectivity index (χ2v) is 2.87. The number of carbonyl (C=O) groups excluding carboxylic acids is 1. The molecule has 4 heteroatoms. The van der Waals surface area contributed by atoms with Crippen molar-refractivity contribution in [1.29, 1.82) is 0 Å². The van der Waals surface area contributed by atoms with Crippen molar-refractivity contribution in [2.45, 2.75) is 26.9 Å². The first-order valence-corrected chi connectivity index (χ1v) is 4.06. The van der Waals surface area contributed by atoms with E-state index in [2.05, 4.69) is 11.3 Å². The van der Waals surface area contributed by atoms with Gasteiger partial charge in [-0.1, -0.05) is 6.58 Å². The number of hydrogen-bond donors (Lipinski definition) is 0. The van der Waals surface area contributed by atoms with Crippen LogP contribution in [0.4, 0.5) is 0 Å². The maximum Gasteiger partial charge on any atom is 0.335 e. The molecule has 0 aliphatic heterocycles. The predicted octanol–water partition coefficient (Wildman–Crippen LogP) is 1.46. The van der Waals surface area contributed by atoms with Crippen molar-refractivity contribution >= 4 is 5.97 Å². The normalized spacial score (nSPS) is 10.2. The zero-order valence-electron chi connectivity index (χ0n) is 8.33. The highest BCUT2D eigenvalue weighted by Gasteiger charge is 2.01. The van der Waals surface area contributed by atoms with Crippen LogP contribution in [-0.2, 0) is 19.0 Å². The van der Waals surface area contributed by atoms with Crippen molar-refractivity contribution in [2.24, 2.45) is 0 Å². The lowest BCUT2D eigenvalue weighted by Gasteiger charge is -2.08. The SMILES string of the molecule is C=C(C)C(=O)OCOCOC(C)C. The molecule has 0 aromatic rings. The molecule has 0 saturated carbocycles. The Morgan fingerprint density at radius 2 is 2.00 bits per heavy atom. The molecule has 4 nitrogen and oxygen atoms in total. The zero-order chi connectivity index (χ0) is 10.3. The van der Waals surface area contributed by atoms with Crippen LogP contribution in [0, 0.1) is 0 Å². The van der Waals surface area contributed by atoms with Crippen LogP contribution in [0.1, 0.15) is 20.8 Å². The van der Waals surface area contributed by atoms with Crippen LogP contribution in [-0.4, -0.2) is 25.7 Å². The summed E-state index contributed by atoms with van der Waals surface area (Å²) < 4.78 is 14.6. The lowest BCUT2D eigenvalue weighted by molar-refractivity contribution is -0.167. The van der Waals surface area contributed by atoms with E-state index in [-0.39, 0.29) is 19.7 Å². The van der Waals surface area contributed by atoms with Gasteiger partial charge in [-0.15, -0.1) is 0 Å². The lowest BCUT2D eigenvalue weighted by Crippen LogP contribution is -2.12. The summed E-state index contributed by atoms with van der Waals surface area (Å²) in [6.45, 7) is 8.81. The molecule has 0 atom stereocenters. The van der Waals surface area contributed by atoms with E-state index in [4.69, 9.17) is 9.47 Å². The zero-order valence-corrected chi connectivity index (χ0v) is 8.33. The molecule has 0 saturated heterocycles. The summed E-state index contributed by atoms with van der Waals surface area (Å²) in [6.07, 6.45) is 0.108. The first-order chi connectivity index (χ1) is 6.04. The van der Waals surface area contributed by atoms with Crippen molar-refractivity contribution in [3.63, 3.8) is 0 Å². The molecule has 0 N–H and O–H groups in total. The first-order valence-electron chi connectivity index (χ1n) is 4.06. The monoisotopic (exact) mass is 188 g/mol. The first kappa shape index (κ1) is 12.1. The minimum Gasteiger partial charge on any atom is -0.435 e. The molecule has 13 heavy (non-hydrogen) atoms. The maximum absolute atomic E-state index is 10.8. The smallest absolute Gasteiger partial charge is 0.335 e. The molecule has 0 heterocycles. The van der Waals surface area contributed by atoms with Gasteiger partial charge in [-0.05, 0) is 20.8 Å². The van der Waals surface area contributed by atoms with Gasteiger partial charge in [0.2, 0.25) is 0 Å². The molecule has 0 aliphatic rings. The molecule has 0 aliphatic carbocycles. The van der Waals surface area contributed by atoms with E-state index in [0.717, 1.165) is 0 Å². The number of rotatable bonds is 6. The average molecular weight is 188 g/mol. The van der Waals surface area contributed by atoms with Crippen LogP contribution < -0.4 is 0 Å². The van der Waals surface area contributed by atoms with Crippen LogP contribution in [0.2, 0.25) is 0 Å². The average Bonchev–Trinajstić information content (AvgIpc) is 2.02. The Bertz CT molecular complexity index is 174. The van der Waals surface area contributed by atoms with Crippen molar-refractivity contribution in [1.82, 2.24) is 0 Å². The number of esters is 1. The molecular weight excluding hydrogens is 172 g/mol. The molecule has 0 bridgehead atoms. The minimum absolute atomic E-state index is 0.0988. The minimum atomic E-state index is -0.454. The third kappa shape index (κ3) is 7.49. The van der Waals surface area contributed by atoms with Crippen molar-refractivity contribution in [3.05, 3.63) is 12.2 Å². The summed E-state index contributed by atoms with van der Waals surface area (Å²) in [7, 11) is 0. The van der Waals surface area contributed by atoms with Gasteiger partial charge >= 0.3 is 5.97 Å². The Kier molecular flexibility index (Phi) is 6.18. The fourth-order valence-electron chi connectivity index (χ4n) is 0.437. The Morgan fingerprint density at radius 3 is 2.46 bits per heavy atom. The van der Waals surface area contributed by atoms with Gasteiger partial charge in [0, 0.05) is 5.57 Å². The molecule has 0 amide bonds. The van der Waals surface area contributed by atoms with Crippen LogP contribution in [0.25, 0.3) is 0 Å². The van der Waals surface area contributed by atoms with Gasteiger partial charge in [-0.3, -0.25) is 0 Å². The van der Waals surface area contributed by atoms with E-state index in [9.17, 15) is 4.79 Å². The van der Waals surface area contributed by atoms with Crippen molar-refractivity contribution < 1.29 is 19.0 Å². The van der Waals surface area contributed by atoms with Crippen molar-refractivity contribution in [2.75, 3.05) is 13.6 Å². The summed E-state index contributed by atoms with van der Waals surface area (Å²) in [6, 6.07) is 0. The van der Waals surface area contributed by atoms with E-state index < -0.39 is 5.97 Å². The van der Waals surface area contributed by atoms with E-state index >= 15 is 0 Å². The maximum atomic E-state index is 10.8. The highest BCUT2D eigenvalue weighted by Crippen LogP contribution is 1.93. The van der Waals surface area contributed by atoms with Gasteiger partial charge in [0.1, 0.15) is 0 Å². The van der Waals surface area contributed by atoms with Gasteiger partial charge in [0.15, 0.2) is 13.6 Å². The van der Waals surface area contributed by atoms with Gasteiger partial charge < -0.3 is 14.2 Å². The lowest BCUT2D eigenvalue weighted by atomic mass is 10.4. The molecule has 76 valence electrons. The van der Waals surface area contributed by atoms with Gasteiger partial charge in [0.25, 0.3) is 0 Å². The molecule has 0 unspecified atom stereocenters. The molecule has 0 fully saturated rings. The second-order valence-electron chi connectivity index (χ2n) is 2.87. The van der Waals surface area contributed by atoms with Crippen LogP contribution >= 0.6 is 0 Å². The Labute approximate surface area is 78.5 Å². The topological polar surface area (TPSA) is 44.8 Å². The fourth-order valence-corrected chi connectivity index (χ4v) is 0.437. The third-order valence-corrected chi connectivity index (χ3v) is 1.11. The Morgan fingerprint density at radius 1 is 1.38 bits per heavy atom. The van der Waals surface area contributed by atoms with E-state index in [1.165, 1.54) is 0 Å². The van der Waals surface area contributed by atoms with Crippen LogP contribution in [0.5, 0.6) is 0 Å². The summed E-state index contributed by atoms with van der Waals surface area (Å²) in [5, 5.41) is 0. The summed E-state index contributed by atoms with van der Waals surface area (Å²) in [5.74, 6) is -0.454. The molecule has 0 spiro atoms. The fraction of sp³-hybridized carbons (Fsp3) is 0.667. The highest BCUT2D eigenvalue weighted by molar-refractivity contribution is 5.86. The Balaban J connectivity index is 3.26. The van der Waals surface area contributed by atoms with Gasteiger partial charge in [0.05, 0.1) is 6.10 Å². The van der Waals surface area contributed by atoms with E-state index in [1.807, 2.05) is 13.8 Å². The number of carbonyl (C=O) groups is 1. The van der Waals surface area contributed by atoms with E-state index in [1.54, 1.807) is 6.92 Å². The van der Waals surface area contributed by atoms with Crippen LogP contribution in [0.3, 0.4) is 0 Å². The quantitative estimate of drug-likeness (QED) is 0.274. The second kappa shape index (κ2) is 6.62.